The van der Waals surface area contributed by atoms with Gasteiger partial charge in [-0.05, 0) is 23.8 Å². The van der Waals surface area contributed by atoms with Gasteiger partial charge >= 0.3 is 0 Å². The van der Waals surface area contributed by atoms with Crippen LogP contribution in [0, 0.1) is 5.92 Å². The number of carbonyl (C=O) groups is 2. The molecule has 0 aliphatic carbocycles. The summed E-state index contributed by atoms with van der Waals surface area (Å²) < 4.78 is 5.20. The standard InChI is InChI=1S/C18H22N6O3S/c1-11(2)9-13(18(26)21-14-5-7-19-23-14)20-15(25)3-4-16-22-17(24-27-16)12-6-8-28-10-12/h5-8,10-11,13H,3-4,9H2,1-2H3,(H,20,25)(H2,19,21,23,26). The zero-order chi connectivity index (χ0) is 19.9. The number of rotatable bonds is 9. The van der Waals surface area contributed by atoms with Crippen molar-refractivity contribution in [3.8, 4) is 11.4 Å². The monoisotopic (exact) mass is 402 g/mol. The van der Waals surface area contributed by atoms with Crippen molar-refractivity contribution >= 4 is 29.0 Å². The van der Waals surface area contributed by atoms with Gasteiger partial charge in [0.2, 0.25) is 23.5 Å². The fraction of sp³-hybridized carbons (Fsp3) is 0.389. The molecule has 2 amide bonds. The molecule has 0 saturated heterocycles. The molecule has 1 atom stereocenters. The van der Waals surface area contributed by atoms with Gasteiger partial charge in [-0.25, -0.2) is 0 Å². The van der Waals surface area contributed by atoms with Crippen molar-refractivity contribution in [1.29, 1.82) is 0 Å². The number of nitrogens with zero attached hydrogens (tertiary/aromatic N) is 3. The quantitative estimate of drug-likeness (QED) is 0.505. The van der Waals surface area contributed by atoms with E-state index in [2.05, 4.69) is 31.0 Å². The van der Waals surface area contributed by atoms with Crippen molar-refractivity contribution in [3.63, 3.8) is 0 Å². The molecule has 0 radical (unpaired) electrons. The molecule has 1 unspecified atom stereocenters. The Morgan fingerprint density at radius 2 is 2.18 bits per heavy atom. The SMILES string of the molecule is CC(C)CC(NC(=O)CCc1nc(-c2ccsc2)no1)C(=O)Nc1ccn[nH]1. The van der Waals surface area contributed by atoms with E-state index < -0.39 is 6.04 Å². The molecule has 0 aliphatic rings. The van der Waals surface area contributed by atoms with E-state index in [1.807, 2.05) is 30.7 Å². The average molecular weight is 402 g/mol. The number of H-pyrrole nitrogens is 1. The van der Waals surface area contributed by atoms with Gasteiger partial charge in [-0.3, -0.25) is 14.7 Å². The van der Waals surface area contributed by atoms with Crippen molar-refractivity contribution in [3.05, 3.63) is 35.0 Å². The first-order chi connectivity index (χ1) is 13.5. The Morgan fingerprint density at radius 1 is 1.32 bits per heavy atom. The summed E-state index contributed by atoms with van der Waals surface area (Å²) in [4.78, 5) is 29.1. The lowest BCUT2D eigenvalue weighted by Crippen LogP contribution is -2.44. The van der Waals surface area contributed by atoms with Crippen LogP contribution in [-0.4, -0.2) is 38.2 Å². The molecule has 3 rings (SSSR count). The van der Waals surface area contributed by atoms with E-state index in [1.165, 1.54) is 0 Å². The molecule has 0 bridgehead atoms. The molecule has 3 aromatic rings. The molecular weight excluding hydrogens is 380 g/mol. The number of anilines is 1. The van der Waals surface area contributed by atoms with Crippen molar-refractivity contribution in [2.75, 3.05) is 5.32 Å². The topological polar surface area (TPSA) is 126 Å². The van der Waals surface area contributed by atoms with Crippen molar-refractivity contribution in [2.45, 2.75) is 39.2 Å². The van der Waals surface area contributed by atoms with Crippen LogP contribution in [0.25, 0.3) is 11.4 Å². The van der Waals surface area contributed by atoms with E-state index in [0.29, 0.717) is 30.4 Å². The van der Waals surface area contributed by atoms with Crippen LogP contribution in [0.3, 0.4) is 0 Å². The molecule has 3 heterocycles. The molecule has 28 heavy (non-hydrogen) atoms. The van der Waals surface area contributed by atoms with Gasteiger partial charge in [0.05, 0.1) is 6.20 Å². The summed E-state index contributed by atoms with van der Waals surface area (Å²) in [6.07, 6.45) is 2.52. The Bertz CT molecular complexity index is 888. The second-order valence-electron chi connectivity index (χ2n) is 6.73. The summed E-state index contributed by atoms with van der Waals surface area (Å²) >= 11 is 1.55. The molecule has 3 N–H and O–H groups in total. The fourth-order valence-corrected chi connectivity index (χ4v) is 3.23. The van der Waals surface area contributed by atoms with Crippen molar-refractivity contribution in [1.82, 2.24) is 25.7 Å². The molecule has 148 valence electrons. The molecular formula is C18H22N6O3S. The smallest absolute Gasteiger partial charge is 0.248 e. The van der Waals surface area contributed by atoms with Crippen LogP contribution in [-0.2, 0) is 16.0 Å². The van der Waals surface area contributed by atoms with Gasteiger partial charge in [-0.1, -0.05) is 19.0 Å². The number of aromatic amines is 1. The average Bonchev–Trinajstić information content (AvgIpc) is 3.40. The van der Waals surface area contributed by atoms with E-state index in [9.17, 15) is 9.59 Å². The lowest BCUT2D eigenvalue weighted by Gasteiger charge is -2.19. The molecule has 0 aliphatic heterocycles. The largest absolute Gasteiger partial charge is 0.344 e. The van der Waals surface area contributed by atoms with Gasteiger partial charge in [-0.15, -0.1) is 0 Å². The first-order valence-corrected chi connectivity index (χ1v) is 9.90. The van der Waals surface area contributed by atoms with E-state index >= 15 is 0 Å². The third-order valence-corrected chi connectivity index (χ3v) is 4.61. The number of amides is 2. The minimum Gasteiger partial charge on any atom is -0.344 e. The third kappa shape index (κ3) is 5.49. The molecule has 0 aromatic carbocycles. The van der Waals surface area contributed by atoms with Crippen LogP contribution >= 0.6 is 11.3 Å². The minimum atomic E-state index is -0.639. The van der Waals surface area contributed by atoms with Gasteiger partial charge in [0.25, 0.3) is 0 Å². The summed E-state index contributed by atoms with van der Waals surface area (Å²) in [5, 5.41) is 19.7. The number of hydrogen-bond donors (Lipinski definition) is 3. The molecule has 0 fully saturated rings. The number of carbonyl (C=O) groups excluding carboxylic acids is 2. The van der Waals surface area contributed by atoms with Gasteiger partial charge < -0.3 is 15.2 Å². The summed E-state index contributed by atoms with van der Waals surface area (Å²) in [7, 11) is 0. The van der Waals surface area contributed by atoms with Crippen molar-refractivity contribution in [2.24, 2.45) is 5.92 Å². The Kier molecular flexibility index (Phi) is 6.53. The molecule has 0 saturated carbocycles. The molecule has 10 heteroatoms. The number of aromatic nitrogens is 4. The highest BCUT2D eigenvalue weighted by molar-refractivity contribution is 7.08. The minimum absolute atomic E-state index is 0.150. The second kappa shape index (κ2) is 9.27. The lowest BCUT2D eigenvalue weighted by atomic mass is 10.0. The number of thiophene rings is 1. The molecule has 3 aromatic heterocycles. The first kappa shape index (κ1) is 19.7. The predicted molar refractivity (Wildman–Crippen MR) is 105 cm³/mol. The Labute approximate surface area is 165 Å². The van der Waals surface area contributed by atoms with Gasteiger partial charge in [0.1, 0.15) is 11.9 Å². The van der Waals surface area contributed by atoms with E-state index in [0.717, 1.165) is 5.56 Å². The van der Waals surface area contributed by atoms with Gasteiger partial charge in [0, 0.05) is 29.9 Å². The van der Waals surface area contributed by atoms with Crippen LogP contribution in [0.1, 0.15) is 32.6 Å². The van der Waals surface area contributed by atoms with Crippen LogP contribution in [0.4, 0.5) is 5.82 Å². The summed E-state index contributed by atoms with van der Waals surface area (Å²) in [5.41, 5.74) is 0.886. The van der Waals surface area contributed by atoms with Crippen LogP contribution < -0.4 is 10.6 Å². The number of hydrogen-bond acceptors (Lipinski definition) is 7. The van der Waals surface area contributed by atoms with E-state index in [1.54, 1.807) is 23.6 Å². The second-order valence-corrected chi connectivity index (χ2v) is 7.51. The van der Waals surface area contributed by atoms with Crippen LogP contribution in [0.5, 0.6) is 0 Å². The van der Waals surface area contributed by atoms with E-state index in [-0.39, 0.29) is 24.2 Å². The zero-order valence-electron chi connectivity index (χ0n) is 15.6. The van der Waals surface area contributed by atoms with Gasteiger partial charge in [-0.2, -0.15) is 21.4 Å². The fourth-order valence-electron chi connectivity index (χ4n) is 2.60. The van der Waals surface area contributed by atoms with Crippen molar-refractivity contribution < 1.29 is 14.1 Å². The normalized spacial score (nSPS) is 12.1. The summed E-state index contributed by atoms with van der Waals surface area (Å²) in [6.45, 7) is 3.99. The highest BCUT2D eigenvalue weighted by atomic mass is 32.1. The highest BCUT2D eigenvalue weighted by Crippen LogP contribution is 2.19. The maximum absolute atomic E-state index is 12.5. The molecule has 9 nitrogen and oxygen atoms in total. The third-order valence-electron chi connectivity index (χ3n) is 3.93. The zero-order valence-corrected chi connectivity index (χ0v) is 16.5. The molecule has 0 spiro atoms. The highest BCUT2D eigenvalue weighted by Gasteiger charge is 2.22. The number of nitrogens with one attached hydrogen (secondary N) is 3. The Balaban J connectivity index is 1.53. The maximum atomic E-state index is 12.5. The summed E-state index contributed by atoms with van der Waals surface area (Å²) in [5.74, 6) is 1.08. The Hall–Kier alpha value is -3.01. The first-order valence-electron chi connectivity index (χ1n) is 8.96. The van der Waals surface area contributed by atoms with Crippen LogP contribution in [0.15, 0.2) is 33.6 Å². The summed E-state index contributed by atoms with van der Waals surface area (Å²) in [6, 6.07) is 2.91. The predicted octanol–water partition coefficient (Wildman–Crippen LogP) is 2.62. The number of aryl methyl sites for hydroxylation is 1. The Morgan fingerprint density at radius 3 is 2.86 bits per heavy atom. The van der Waals surface area contributed by atoms with E-state index in [4.69, 9.17) is 4.52 Å². The van der Waals surface area contributed by atoms with Gasteiger partial charge in [0.15, 0.2) is 0 Å². The van der Waals surface area contributed by atoms with Crippen LogP contribution in [0.2, 0.25) is 0 Å². The maximum Gasteiger partial charge on any atom is 0.248 e. The lowest BCUT2D eigenvalue weighted by molar-refractivity contribution is -0.126.